The van der Waals surface area contributed by atoms with E-state index in [0.717, 1.165) is 49.5 Å². The van der Waals surface area contributed by atoms with Crippen LogP contribution in [0.1, 0.15) is 12.5 Å². The predicted octanol–water partition coefficient (Wildman–Crippen LogP) is 2.26. The standard InChI is InChI=1S/C14H17ClN4/c1-2-10-3-4-11-12(9-10)18-14(13(15)17-11)19-7-5-16-6-8-19/h3-4,9,16H,2,5-8H2,1H3. The average molecular weight is 277 g/mol. The van der Waals surface area contributed by atoms with Gasteiger partial charge < -0.3 is 10.2 Å². The van der Waals surface area contributed by atoms with Crippen molar-refractivity contribution < 1.29 is 0 Å². The Balaban J connectivity index is 2.05. The number of nitrogens with zero attached hydrogens (tertiary/aromatic N) is 3. The molecular weight excluding hydrogens is 260 g/mol. The third-order valence-corrected chi connectivity index (χ3v) is 3.75. The van der Waals surface area contributed by atoms with E-state index in [2.05, 4.69) is 34.3 Å². The van der Waals surface area contributed by atoms with Gasteiger partial charge in [-0.15, -0.1) is 0 Å². The fourth-order valence-corrected chi connectivity index (χ4v) is 2.62. The van der Waals surface area contributed by atoms with Crippen molar-refractivity contribution in [1.82, 2.24) is 15.3 Å². The summed E-state index contributed by atoms with van der Waals surface area (Å²) in [5.41, 5.74) is 3.06. The average Bonchev–Trinajstić information content (AvgIpc) is 2.47. The van der Waals surface area contributed by atoms with Crippen molar-refractivity contribution in [2.75, 3.05) is 31.1 Å². The van der Waals surface area contributed by atoms with Crippen molar-refractivity contribution in [3.05, 3.63) is 28.9 Å². The number of aryl methyl sites for hydroxylation is 1. The largest absolute Gasteiger partial charge is 0.351 e. The molecule has 19 heavy (non-hydrogen) atoms. The lowest BCUT2D eigenvalue weighted by molar-refractivity contribution is 0.585. The molecule has 0 aliphatic carbocycles. The molecule has 3 rings (SSSR count). The monoisotopic (exact) mass is 276 g/mol. The van der Waals surface area contributed by atoms with Crippen molar-refractivity contribution in [2.24, 2.45) is 0 Å². The fourth-order valence-electron chi connectivity index (χ4n) is 2.37. The van der Waals surface area contributed by atoms with Gasteiger partial charge in [0, 0.05) is 26.2 Å². The van der Waals surface area contributed by atoms with E-state index in [1.165, 1.54) is 5.56 Å². The molecule has 0 bridgehead atoms. The Kier molecular flexibility index (Phi) is 3.53. The van der Waals surface area contributed by atoms with Crippen LogP contribution in [0.4, 0.5) is 5.82 Å². The lowest BCUT2D eigenvalue weighted by Crippen LogP contribution is -2.44. The molecule has 1 aliphatic rings. The van der Waals surface area contributed by atoms with E-state index in [9.17, 15) is 0 Å². The molecule has 4 nitrogen and oxygen atoms in total. The summed E-state index contributed by atoms with van der Waals surface area (Å²) in [7, 11) is 0. The molecule has 0 radical (unpaired) electrons. The summed E-state index contributed by atoms with van der Waals surface area (Å²) < 4.78 is 0. The molecule has 0 atom stereocenters. The van der Waals surface area contributed by atoms with Crippen LogP contribution >= 0.6 is 11.6 Å². The van der Waals surface area contributed by atoms with Gasteiger partial charge in [0.15, 0.2) is 11.0 Å². The van der Waals surface area contributed by atoms with E-state index in [-0.39, 0.29) is 0 Å². The summed E-state index contributed by atoms with van der Waals surface area (Å²) in [5, 5.41) is 3.83. The van der Waals surface area contributed by atoms with Gasteiger partial charge in [0.1, 0.15) is 0 Å². The van der Waals surface area contributed by atoms with Crippen LogP contribution in [0.2, 0.25) is 5.15 Å². The summed E-state index contributed by atoms with van der Waals surface area (Å²) in [6.45, 7) is 5.92. The number of benzene rings is 1. The zero-order valence-electron chi connectivity index (χ0n) is 11.0. The van der Waals surface area contributed by atoms with Crippen LogP contribution in [0.15, 0.2) is 18.2 Å². The lowest BCUT2D eigenvalue weighted by Gasteiger charge is -2.28. The van der Waals surface area contributed by atoms with Gasteiger partial charge in [-0.05, 0) is 24.1 Å². The van der Waals surface area contributed by atoms with Crippen LogP contribution < -0.4 is 10.2 Å². The Labute approximate surface area is 117 Å². The summed E-state index contributed by atoms with van der Waals surface area (Å²) >= 11 is 6.27. The first-order valence-electron chi connectivity index (χ1n) is 6.70. The molecular formula is C14H17ClN4. The Morgan fingerprint density at radius 3 is 2.74 bits per heavy atom. The van der Waals surface area contributed by atoms with Gasteiger partial charge in [-0.3, -0.25) is 0 Å². The number of aromatic nitrogens is 2. The maximum absolute atomic E-state index is 6.27. The van der Waals surface area contributed by atoms with Gasteiger partial charge in [0.05, 0.1) is 11.0 Å². The zero-order chi connectivity index (χ0) is 13.2. The molecule has 2 aromatic rings. The van der Waals surface area contributed by atoms with E-state index in [4.69, 9.17) is 16.6 Å². The highest BCUT2D eigenvalue weighted by molar-refractivity contribution is 6.32. The number of nitrogens with one attached hydrogen (secondary N) is 1. The molecule has 1 N–H and O–H groups in total. The van der Waals surface area contributed by atoms with Crippen LogP contribution in [-0.4, -0.2) is 36.1 Å². The minimum Gasteiger partial charge on any atom is -0.351 e. The fraction of sp³-hybridized carbons (Fsp3) is 0.429. The highest BCUT2D eigenvalue weighted by Crippen LogP contribution is 2.25. The number of hydrogen-bond donors (Lipinski definition) is 1. The Hall–Kier alpha value is -1.39. The van der Waals surface area contributed by atoms with Crippen LogP contribution in [0.3, 0.4) is 0 Å². The van der Waals surface area contributed by atoms with Gasteiger partial charge in [0.2, 0.25) is 0 Å². The van der Waals surface area contributed by atoms with E-state index >= 15 is 0 Å². The van der Waals surface area contributed by atoms with Crippen LogP contribution in [0, 0.1) is 0 Å². The molecule has 0 spiro atoms. The summed E-state index contributed by atoms with van der Waals surface area (Å²) in [5.74, 6) is 0.809. The molecule has 1 saturated heterocycles. The summed E-state index contributed by atoms with van der Waals surface area (Å²) in [4.78, 5) is 11.4. The number of hydrogen-bond acceptors (Lipinski definition) is 4. The molecule has 5 heteroatoms. The topological polar surface area (TPSA) is 41.1 Å². The highest BCUT2D eigenvalue weighted by Gasteiger charge is 2.16. The van der Waals surface area contributed by atoms with Gasteiger partial charge >= 0.3 is 0 Å². The first-order valence-corrected chi connectivity index (χ1v) is 7.07. The molecule has 1 fully saturated rings. The van der Waals surface area contributed by atoms with Crippen molar-refractivity contribution in [3.8, 4) is 0 Å². The minimum atomic E-state index is 0.499. The van der Waals surface area contributed by atoms with Crippen molar-refractivity contribution >= 4 is 28.5 Å². The second kappa shape index (κ2) is 5.31. The van der Waals surface area contributed by atoms with Gasteiger partial charge in [0.25, 0.3) is 0 Å². The SMILES string of the molecule is CCc1ccc2nc(Cl)c(N3CCNCC3)nc2c1. The Morgan fingerprint density at radius 2 is 2.00 bits per heavy atom. The molecule has 2 heterocycles. The van der Waals surface area contributed by atoms with E-state index < -0.39 is 0 Å². The van der Waals surface area contributed by atoms with E-state index in [1.807, 2.05) is 6.07 Å². The summed E-state index contributed by atoms with van der Waals surface area (Å²) in [6, 6.07) is 6.18. The highest BCUT2D eigenvalue weighted by atomic mass is 35.5. The molecule has 1 aliphatic heterocycles. The van der Waals surface area contributed by atoms with Gasteiger partial charge in [-0.2, -0.15) is 0 Å². The van der Waals surface area contributed by atoms with Crippen LogP contribution in [-0.2, 0) is 6.42 Å². The smallest absolute Gasteiger partial charge is 0.172 e. The first-order chi connectivity index (χ1) is 9.28. The zero-order valence-corrected chi connectivity index (χ0v) is 11.7. The van der Waals surface area contributed by atoms with Crippen molar-refractivity contribution in [3.63, 3.8) is 0 Å². The van der Waals surface area contributed by atoms with Gasteiger partial charge in [-0.25, -0.2) is 9.97 Å². The number of piperazine rings is 1. The molecule has 0 amide bonds. The Bertz CT molecular complexity index is 593. The molecule has 1 aromatic carbocycles. The normalized spacial score (nSPS) is 16.0. The second-order valence-corrected chi connectivity index (χ2v) is 5.11. The third kappa shape index (κ3) is 2.51. The molecule has 0 unspecified atom stereocenters. The predicted molar refractivity (Wildman–Crippen MR) is 79.0 cm³/mol. The second-order valence-electron chi connectivity index (χ2n) is 4.75. The lowest BCUT2D eigenvalue weighted by atomic mass is 10.1. The molecule has 0 saturated carbocycles. The van der Waals surface area contributed by atoms with Crippen molar-refractivity contribution in [1.29, 1.82) is 0 Å². The number of fused-ring (bicyclic) bond motifs is 1. The quantitative estimate of drug-likeness (QED) is 0.913. The third-order valence-electron chi connectivity index (χ3n) is 3.49. The first kappa shape index (κ1) is 12.6. The number of anilines is 1. The van der Waals surface area contributed by atoms with Gasteiger partial charge in [-0.1, -0.05) is 24.6 Å². The van der Waals surface area contributed by atoms with Crippen LogP contribution in [0.5, 0.6) is 0 Å². The number of halogens is 1. The maximum atomic E-state index is 6.27. The minimum absolute atomic E-state index is 0.499. The summed E-state index contributed by atoms with van der Waals surface area (Å²) in [6.07, 6.45) is 1.00. The van der Waals surface area contributed by atoms with Crippen LogP contribution in [0.25, 0.3) is 11.0 Å². The Morgan fingerprint density at radius 1 is 1.21 bits per heavy atom. The molecule has 1 aromatic heterocycles. The molecule has 100 valence electrons. The van der Waals surface area contributed by atoms with E-state index in [0.29, 0.717) is 5.15 Å². The van der Waals surface area contributed by atoms with E-state index in [1.54, 1.807) is 0 Å². The number of rotatable bonds is 2. The maximum Gasteiger partial charge on any atom is 0.172 e. The van der Waals surface area contributed by atoms with Crippen molar-refractivity contribution in [2.45, 2.75) is 13.3 Å².